The topological polar surface area (TPSA) is 58.6 Å². The Morgan fingerprint density at radius 3 is 2.59 bits per heavy atom. The minimum atomic E-state index is -0.898. The Hall–Kier alpha value is -3.05. The second kappa shape index (κ2) is 8.13. The number of carboxylic acids is 1. The van der Waals surface area contributed by atoms with Crippen molar-refractivity contribution in [3.8, 4) is 5.75 Å². The monoisotopic (exact) mass is 405 g/mol. The molecule has 148 valence electrons. The van der Waals surface area contributed by atoms with Gasteiger partial charge in [-0.2, -0.15) is 0 Å². The molecule has 0 saturated heterocycles. The molecule has 1 aromatic heterocycles. The van der Waals surface area contributed by atoms with E-state index in [9.17, 15) is 9.90 Å². The van der Waals surface area contributed by atoms with Gasteiger partial charge in [0, 0.05) is 5.70 Å². The summed E-state index contributed by atoms with van der Waals surface area (Å²) in [6.45, 7) is 4.09. The summed E-state index contributed by atoms with van der Waals surface area (Å²) in [7, 11) is 1.62. The van der Waals surface area contributed by atoms with E-state index in [0.717, 1.165) is 36.1 Å². The zero-order valence-electron chi connectivity index (χ0n) is 16.3. The Balaban J connectivity index is 1.58. The molecule has 0 fully saturated rings. The zero-order valence-corrected chi connectivity index (χ0v) is 17.1. The van der Waals surface area contributed by atoms with Crippen LogP contribution < -0.4 is 10.1 Å². The van der Waals surface area contributed by atoms with E-state index in [1.165, 1.54) is 22.5 Å². The van der Waals surface area contributed by atoms with Crippen LogP contribution in [0.1, 0.15) is 45.0 Å². The third-order valence-electron chi connectivity index (χ3n) is 5.52. The number of hydrogen-bond donors (Lipinski definition) is 2. The molecule has 0 aliphatic heterocycles. The first-order chi connectivity index (χ1) is 14.1. The molecule has 2 N–H and O–H groups in total. The van der Waals surface area contributed by atoms with Crippen LogP contribution in [0.3, 0.4) is 0 Å². The van der Waals surface area contributed by atoms with E-state index >= 15 is 0 Å². The van der Waals surface area contributed by atoms with Crippen LogP contribution in [0.4, 0.5) is 5.00 Å². The molecule has 29 heavy (non-hydrogen) atoms. The minimum Gasteiger partial charge on any atom is -0.497 e. The Labute approximate surface area is 174 Å². The summed E-state index contributed by atoms with van der Waals surface area (Å²) in [4.78, 5) is 12.1. The number of rotatable bonds is 6. The van der Waals surface area contributed by atoms with Gasteiger partial charge in [0.2, 0.25) is 0 Å². The van der Waals surface area contributed by atoms with Crippen molar-refractivity contribution in [2.24, 2.45) is 0 Å². The summed E-state index contributed by atoms with van der Waals surface area (Å²) in [5, 5.41) is 15.8. The standard InChI is InChI=1S/C24H23NO3S/c1-15(16-9-11-20(28-2)12-10-16)25-23-22(24(26)27)21(14-29-23)19-8-7-17-5-3-4-6-18(17)13-19/h3-6,9-12,14,19,25H,1,7-8,13H2,2H3,(H,26,27). The van der Waals surface area contributed by atoms with Crippen molar-refractivity contribution in [3.63, 3.8) is 0 Å². The average molecular weight is 406 g/mol. The fourth-order valence-electron chi connectivity index (χ4n) is 3.95. The molecule has 0 radical (unpaired) electrons. The number of thiophene rings is 1. The van der Waals surface area contributed by atoms with Gasteiger partial charge in [0.25, 0.3) is 0 Å². The first kappa shape index (κ1) is 19.3. The number of ether oxygens (including phenoxy) is 1. The molecule has 0 spiro atoms. The van der Waals surface area contributed by atoms with Crippen LogP contribution in [-0.4, -0.2) is 18.2 Å². The number of methoxy groups -OCH3 is 1. The molecule has 1 unspecified atom stereocenters. The summed E-state index contributed by atoms with van der Waals surface area (Å²) in [6.07, 6.45) is 2.83. The van der Waals surface area contributed by atoms with Crippen molar-refractivity contribution < 1.29 is 14.6 Å². The number of nitrogens with one attached hydrogen (secondary N) is 1. The smallest absolute Gasteiger partial charge is 0.339 e. The van der Waals surface area contributed by atoms with Gasteiger partial charge in [0.1, 0.15) is 10.8 Å². The van der Waals surface area contributed by atoms with Gasteiger partial charge >= 0.3 is 5.97 Å². The number of aromatic carboxylic acids is 1. The molecule has 0 bridgehead atoms. The van der Waals surface area contributed by atoms with E-state index < -0.39 is 5.97 Å². The lowest BCUT2D eigenvalue weighted by atomic mass is 9.80. The first-order valence-electron chi connectivity index (χ1n) is 9.58. The van der Waals surface area contributed by atoms with E-state index in [2.05, 4.69) is 36.2 Å². The molecular formula is C24H23NO3S. The van der Waals surface area contributed by atoms with Gasteiger partial charge < -0.3 is 15.2 Å². The number of hydrogen-bond acceptors (Lipinski definition) is 4. The zero-order chi connectivity index (χ0) is 20.4. The second-order valence-electron chi connectivity index (χ2n) is 7.24. The lowest BCUT2D eigenvalue weighted by molar-refractivity contribution is 0.0696. The van der Waals surface area contributed by atoms with Crippen molar-refractivity contribution in [1.82, 2.24) is 0 Å². The van der Waals surface area contributed by atoms with Gasteiger partial charge in [-0.25, -0.2) is 4.79 Å². The van der Waals surface area contributed by atoms with Crippen LogP contribution in [-0.2, 0) is 12.8 Å². The van der Waals surface area contributed by atoms with E-state index in [4.69, 9.17) is 4.74 Å². The maximum absolute atomic E-state index is 12.1. The van der Waals surface area contributed by atoms with Gasteiger partial charge in [-0.15, -0.1) is 11.3 Å². The molecule has 1 aliphatic rings. The Bertz CT molecular complexity index is 1050. The molecule has 5 heteroatoms. The highest BCUT2D eigenvalue weighted by Gasteiger charge is 2.27. The van der Waals surface area contributed by atoms with Crippen LogP contribution in [0, 0.1) is 0 Å². The Morgan fingerprint density at radius 1 is 1.17 bits per heavy atom. The van der Waals surface area contributed by atoms with Gasteiger partial charge in [0.15, 0.2) is 0 Å². The van der Waals surface area contributed by atoms with Crippen molar-refractivity contribution >= 4 is 28.0 Å². The van der Waals surface area contributed by atoms with E-state index in [-0.39, 0.29) is 5.92 Å². The summed E-state index contributed by atoms with van der Waals surface area (Å²) in [6, 6.07) is 16.0. The summed E-state index contributed by atoms with van der Waals surface area (Å²) < 4.78 is 5.19. The molecule has 3 aromatic rings. The van der Waals surface area contributed by atoms with Gasteiger partial charge in [0.05, 0.1) is 12.7 Å². The van der Waals surface area contributed by atoms with Crippen LogP contribution in [0.2, 0.25) is 0 Å². The summed E-state index contributed by atoms with van der Waals surface area (Å²) in [5.74, 6) is 0.0888. The summed E-state index contributed by atoms with van der Waals surface area (Å²) >= 11 is 1.43. The van der Waals surface area contributed by atoms with E-state index in [1.54, 1.807) is 7.11 Å². The highest BCUT2D eigenvalue weighted by molar-refractivity contribution is 7.14. The maximum Gasteiger partial charge on any atom is 0.339 e. The molecule has 4 rings (SSSR count). The molecule has 1 atom stereocenters. The molecule has 1 heterocycles. The highest BCUT2D eigenvalue weighted by atomic mass is 32.1. The number of carboxylic acid groups (broad SMARTS) is 1. The van der Waals surface area contributed by atoms with Gasteiger partial charge in [-0.1, -0.05) is 30.8 Å². The number of fused-ring (bicyclic) bond motifs is 1. The average Bonchev–Trinajstić information content (AvgIpc) is 3.17. The fourth-order valence-corrected chi connectivity index (χ4v) is 5.01. The van der Waals surface area contributed by atoms with Crippen LogP contribution in [0.5, 0.6) is 5.75 Å². The third kappa shape index (κ3) is 3.91. The predicted octanol–water partition coefficient (Wildman–Crippen LogP) is 5.81. The largest absolute Gasteiger partial charge is 0.497 e. The van der Waals surface area contributed by atoms with Crippen molar-refractivity contribution in [3.05, 3.63) is 88.3 Å². The normalized spacial score (nSPS) is 15.4. The molecule has 0 saturated carbocycles. The van der Waals surface area contributed by atoms with Crippen LogP contribution in [0.15, 0.2) is 60.5 Å². The number of benzene rings is 2. The molecule has 2 aromatic carbocycles. The van der Waals surface area contributed by atoms with Crippen LogP contribution >= 0.6 is 11.3 Å². The number of carbonyl (C=O) groups is 1. The second-order valence-corrected chi connectivity index (χ2v) is 8.12. The maximum atomic E-state index is 12.1. The lowest BCUT2D eigenvalue weighted by Crippen LogP contribution is -2.15. The van der Waals surface area contributed by atoms with E-state index in [0.29, 0.717) is 16.3 Å². The fraction of sp³-hybridized carbons (Fsp3) is 0.208. The van der Waals surface area contributed by atoms with Crippen molar-refractivity contribution in [2.75, 3.05) is 12.4 Å². The quantitative estimate of drug-likeness (QED) is 0.543. The molecule has 1 aliphatic carbocycles. The first-order valence-corrected chi connectivity index (χ1v) is 10.5. The molecule has 0 amide bonds. The van der Waals surface area contributed by atoms with Gasteiger partial charge in [-0.3, -0.25) is 0 Å². The minimum absolute atomic E-state index is 0.219. The predicted molar refractivity (Wildman–Crippen MR) is 118 cm³/mol. The molecule has 4 nitrogen and oxygen atoms in total. The Morgan fingerprint density at radius 2 is 1.90 bits per heavy atom. The van der Waals surface area contributed by atoms with Crippen molar-refractivity contribution in [1.29, 1.82) is 0 Å². The van der Waals surface area contributed by atoms with Gasteiger partial charge in [-0.05, 0) is 77.1 Å². The van der Waals surface area contributed by atoms with E-state index in [1.807, 2.05) is 29.6 Å². The number of anilines is 1. The SMILES string of the molecule is C=C(Nc1scc(C2CCc3ccccc3C2)c1C(=O)O)c1ccc(OC)cc1. The lowest BCUT2D eigenvalue weighted by Gasteiger charge is -2.24. The third-order valence-corrected chi connectivity index (χ3v) is 6.44. The van der Waals surface area contributed by atoms with Crippen LogP contribution in [0.25, 0.3) is 5.70 Å². The summed E-state index contributed by atoms with van der Waals surface area (Å²) in [5.41, 5.74) is 5.54. The molecular weight excluding hydrogens is 382 g/mol. The Kier molecular flexibility index (Phi) is 5.41. The number of aryl methyl sites for hydroxylation is 1. The highest BCUT2D eigenvalue weighted by Crippen LogP contribution is 2.40. The van der Waals surface area contributed by atoms with Crippen molar-refractivity contribution in [2.45, 2.75) is 25.2 Å².